The summed E-state index contributed by atoms with van der Waals surface area (Å²) < 4.78 is 1.89. The number of hydrogen-bond donors (Lipinski definition) is 1. The van der Waals surface area contributed by atoms with Gasteiger partial charge in [-0.25, -0.2) is 9.67 Å². The summed E-state index contributed by atoms with van der Waals surface area (Å²) in [7, 11) is 0. The van der Waals surface area contributed by atoms with Crippen molar-refractivity contribution < 1.29 is 0 Å². The minimum absolute atomic E-state index is 0.0945. The van der Waals surface area contributed by atoms with Crippen LogP contribution in [0, 0.1) is 13.8 Å². The summed E-state index contributed by atoms with van der Waals surface area (Å²) in [6, 6.07) is 6.11. The number of aryl methyl sites for hydroxylation is 2. The molecule has 0 spiro atoms. The monoisotopic (exact) mass is 273 g/mol. The second-order valence-electron chi connectivity index (χ2n) is 6.09. The summed E-state index contributed by atoms with van der Waals surface area (Å²) >= 11 is 0. The summed E-state index contributed by atoms with van der Waals surface area (Å²) in [4.78, 5) is 8.98. The molecule has 0 aliphatic rings. The molecule has 0 radical (unpaired) electrons. The lowest BCUT2D eigenvalue weighted by atomic mass is 10.1. The van der Waals surface area contributed by atoms with Gasteiger partial charge in [0, 0.05) is 12.1 Å². The molecule has 0 fully saturated rings. The van der Waals surface area contributed by atoms with Crippen LogP contribution in [-0.4, -0.2) is 25.3 Å². The quantitative estimate of drug-likeness (QED) is 0.928. The van der Waals surface area contributed by atoms with Crippen LogP contribution < -0.4 is 5.32 Å². The van der Waals surface area contributed by atoms with E-state index in [9.17, 15) is 0 Å². The van der Waals surface area contributed by atoms with E-state index in [0.29, 0.717) is 6.54 Å². The minimum Gasteiger partial charge on any atom is -0.306 e. The smallest absolute Gasteiger partial charge is 0.147 e. The molecule has 0 saturated carbocycles. The number of nitrogens with zero attached hydrogens (tertiary/aromatic N) is 4. The van der Waals surface area contributed by atoms with E-state index in [0.717, 1.165) is 29.6 Å². The molecule has 108 valence electrons. The topological polar surface area (TPSA) is 55.6 Å². The lowest BCUT2D eigenvalue weighted by molar-refractivity contribution is 0.421. The zero-order valence-corrected chi connectivity index (χ0v) is 12.9. The first kappa shape index (κ1) is 14.7. The van der Waals surface area contributed by atoms with E-state index in [-0.39, 0.29) is 5.54 Å². The second kappa shape index (κ2) is 5.71. The largest absolute Gasteiger partial charge is 0.306 e. The maximum atomic E-state index is 4.67. The van der Waals surface area contributed by atoms with Crippen LogP contribution in [0.15, 0.2) is 18.2 Å². The number of hydrogen-bond acceptors (Lipinski definition) is 4. The molecule has 0 bridgehead atoms. The van der Waals surface area contributed by atoms with Gasteiger partial charge in [-0.05, 0) is 46.8 Å². The predicted molar refractivity (Wildman–Crippen MR) is 79.4 cm³/mol. The average molecular weight is 273 g/mol. The first-order valence-corrected chi connectivity index (χ1v) is 6.91. The number of rotatable bonds is 4. The van der Waals surface area contributed by atoms with Crippen LogP contribution in [0.5, 0.6) is 0 Å². The molecule has 2 aromatic heterocycles. The molecule has 5 nitrogen and oxygen atoms in total. The summed E-state index contributed by atoms with van der Waals surface area (Å²) in [5.41, 5.74) is 2.15. The van der Waals surface area contributed by atoms with Gasteiger partial charge in [0.1, 0.15) is 11.6 Å². The standard InChI is InChI=1S/C15H23N5/c1-11-17-12(2)20(19-11)10-14-8-6-7-13(18-14)9-16-15(3,4)5/h6-8,16H,9-10H2,1-5H3. The van der Waals surface area contributed by atoms with Gasteiger partial charge in [0.25, 0.3) is 0 Å². The van der Waals surface area contributed by atoms with E-state index >= 15 is 0 Å². The third kappa shape index (κ3) is 4.13. The molecule has 0 saturated heterocycles. The lowest BCUT2D eigenvalue weighted by Crippen LogP contribution is -2.35. The molecule has 0 unspecified atom stereocenters. The number of nitrogens with one attached hydrogen (secondary N) is 1. The Morgan fingerprint density at radius 1 is 1.10 bits per heavy atom. The van der Waals surface area contributed by atoms with Gasteiger partial charge < -0.3 is 5.32 Å². The molecule has 20 heavy (non-hydrogen) atoms. The van der Waals surface area contributed by atoms with Crippen molar-refractivity contribution in [3.05, 3.63) is 41.2 Å². The molecular weight excluding hydrogens is 250 g/mol. The van der Waals surface area contributed by atoms with Crippen molar-refractivity contribution in [2.24, 2.45) is 0 Å². The number of pyridine rings is 1. The fourth-order valence-corrected chi connectivity index (χ4v) is 1.94. The zero-order valence-electron chi connectivity index (χ0n) is 12.9. The Labute approximate surface area is 120 Å². The maximum Gasteiger partial charge on any atom is 0.147 e. The molecule has 0 atom stereocenters. The zero-order chi connectivity index (χ0) is 14.8. The molecule has 5 heteroatoms. The van der Waals surface area contributed by atoms with Crippen molar-refractivity contribution >= 4 is 0 Å². The van der Waals surface area contributed by atoms with Gasteiger partial charge in [-0.15, -0.1) is 0 Å². The van der Waals surface area contributed by atoms with Crippen LogP contribution in [-0.2, 0) is 13.1 Å². The van der Waals surface area contributed by atoms with Gasteiger partial charge in [-0.3, -0.25) is 4.98 Å². The number of aromatic nitrogens is 4. The molecule has 2 rings (SSSR count). The highest BCUT2D eigenvalue weighted by atomic mass is 15.3. The molecule has 0 aliphatic heterocycles. The second-order valence-corrected chi connectivity index (χ2v) is 6.09. The molecule has 0 amide bonds. The van der Waals surface area contributed by atoms with Gasteiger partial charge >= 0.3 is 0 Å². The minimum atomic E-state index is 0.0945. The molecular formula is C15H23N5. The van der Waals surface area contributed by atoms with E-state index in [2.05, 4.69) is 41.2 Å². The first-order valence-electron chi connectivity index (χ1n) is 6.91. The van der Waals surface area contributed by atoms with E-state index < -0.39 is 0 Å². The van der Waals surface area contributed by atoms with Crippen molar-refractivity contribution in [1.29, 1.82) is 0 Å². The summed E-state index contributed by atoms with van der Waals surface area (Å²) in [5.74, 6) is 1.72. The van der Waals surface area contributed by atoms with Crippen LogP contribution >= 0.6 is 0 Å². The van der Waals surface area contributed by atoms with E-state index in [1.54, 1.807) is 0 Å². The fourth-order valence-electron chi connectivity index (χ4n) is 1.94. The predicted octanol–water partition coefficient (Wildman–Crippen LogP) is 2.23. The highest BCUT2D eigenvalue weighted by Crippen LogP contribution is 2.06. The first-order chi connectivity index (χ1) is 9.33. The van der Waals surface area contributed by atoms with Gasteiger partial charge in [0.05, 0.1) is 17.9 Å². The van der Waals surface area contributed by atoms with Crippen molar-refractivity contribution in [3.63, 3.8) is 0 Å². The Kier molecular flexibility index (Phi) is 4.18. The van der Waals surface area contributed by atoms with Crippen molar-refractivity contribution in [2.75, 3.05) is 0 Å². The van der Waals surface area contributed by atoms with Crippen molar-refractivity contribution in [1.82, 2.24) is 25.1 Å². The van der Waals surface area contributed by atoms with Crippen LogP contribution in [0.4, 0.5) is 0 Å². The molecule has 1 N–H and O–H groups in total. The van der Waals surface area contributed by atoms with Crippen LogP contribution in [0.2, 0.25) is 0 Å². The fraction of sp³-hybridized carbons (Fsp3) is 0.533. The maximum absolute atomic E-state index is 4.67. The average Bonchev–Trinajstić information content (AvgIpc) is 2.65. The highest BCUT2D eigenvalue weighted by molar-refractivity contribution is 5.12. The van der Waals surface area contributed by atoms with E-state index in [4.69, 9.17) is 0 Å². The third-order valence-corrected chi connectivity index (χ3v) is 2.94. The Bertz CT molecular complexity index is 580. The van der Waals surface area contributed by atoms with Crippen LogP contribution in [0.25, 0.3) is 0 Å². The third-order valence-electron chi connectivity index (χ3n) is 2.94. The Morgan fingerprint density at radius 3 is 2.40 bits per heavy atom. The van der Waals surface area contributed by atoms with Gasteiger partial charge in [-0.2, -0.15) is 5.10 Å². The van der Waals surface area contributed by atoms with Crippen LogP contribution in [0.1, 0.15) is 43.8 Å². The molecule has 2 aromatic rings. The Balaban J connectivity index is 2.08. The molecule has 2 heterocycles. The Morgan fingerprint density at radius 2 is 1.80 bits per heavy atom. The van der Waals surface area contributed by atoms with Crippen molar-refractivity contribution in [2.45, 2.75) is 53.2 Å². The molecule has 0 aliphatic carbocycles. The molecule has 0 aromatic carbocycles. The SMILES string of the molecule is Cc1nc(C)n(Cc2cccc(CNC(C)(C)C)n2)n1. The normalized spacial score (nSPS) is 11.8. The van der Waals surface area contributed by atoms with Gasteiger partial charge in [0.2, 0.25) is 0 Å². The van der Waals surface area contributed by atoms with Gasteiger partial charge in [0.15, 0.2) is 0 Å². The van der Waals surface area contributed by atoms with Gasteiger partial charge in [-0.1, -0.05) is 6.07 Å². The summed E-state index contributed by atoms with van der Waals surface area (Å²) in [6.45, 7) is 11.8. The van der Waals surface area contributed by atoms with E-state index in [1.165, 1.54) is 0 Å². The van der Waals surface area contributed by atoms with E-state index in [1.807, 2.05) is 36.7 Å². The van der Waals surface area contributed by atoms with Crippen molar-refractivity contribution in [3.8, 4) is 0 Å². The van der Waals surface area contributed by atoms with Crippen LogP contribution in [0.3, 0.4) is 0 Å². The highest BCUT2D eigenvalue weighted by Gasteiger charge is 2.09. The Hall–Kier alpha value is -1.75. The lowest BCUT2D eigenvalue weighted by Gasteiger charge is -2.20. The summed E-state index contributed by atoms with van der Waals surface area (Å²) in [6.07, 6.45) is 0. The summed E-state index contributed by atoms with van der Waals surface area (Å²) in [5, 5.41) is 7.82.